The number of nitro benzene ring substituents is 1. The lowest BCUT2D eigenvalue weighted by Crippen LogP contribution is -2.15. The molecule has 0 heterocycles. The van der Waals surface area contributed by atoms with Crippen LogP contribution in [0, 0.1) is 10.1 Å². The number of benzene rings is 1. The normalized spacial score (nSPS) is 9.74. The molecule has 8 nitrogen and oxygen atoms in total. The number of hydrogen-bond donors (Lipinski definition) is 1. The molecule has 0 amide bonds. The topological polar surface area (TPSA) is 116 Å². The highest BCUT2D eigenvalue weighted by molar-refractivity contribution is 5.88. The van der Waals surface area contributed by atoms with Gasteiger partial charge in [-0.2, -0.15) is 0 Å². The summed E-state index contributed by atoms with van der Waals surface area (Å²) in [7, 11) is 0. The number of aromatic carboxylic acids is 1. The number of hydrogen-bond acceptors (Lipinski definition) is 6. The third-order valence-corrected chi connectivity index (χ3v) is 2.05. The van der Waals surface area contributed by atoms with Crippen molar-refractivity contribution in [1.82, 2.24) is 0 Å². The Labute approximate surface area is 107 Å². The molecule has 0 aromatic heterocycles. The fourth-order valence-corrected chi connectivity index (χ4v) is 1.25. The highest BCUT2D eigenvalue weighted by atomic mass is 16.6. The molecule has 0 fully saturated rings. The zero-order valence-corrected chi connectivity index (χ0v) is 9.99. The lowest BCUT2D eigenvalue weighted by Gasteiger charge is -2.07. The zero-order chi connectivity index (χ0) is 14.4. The Balaban J connectivity index is 2.94. The number of esters is 1. The highest BCUT2D eigenvalue weighted by Crippen LogP contribution is 2.28. The number of nitrogens with zero attached hydrogens (tertiary/aromatic N) is 1. The number of carboxylic acid groups (broad SMARTS) is 1. The molecule has 0 spiro atoms. The van der Waals surface area contributed by atoms with Gasteiger partial charge in [-0.3, -0.25) is 10.1 Å². The van der Waals surface area contributed by atoms with E-state index in [4.69, 9.17) is 9.84 Å². The monoisotopic (exact) mass is 269 g/mol. The number of nitro groups is 1. The molecule has 0 unspecified atom stereocenters. The van der Waals surface area contributed by atoms with E-state index in [1.165, 1.54) is 0 Å². The van der Waals surface area contributed by atoms with Crippen molar-refractivity contribution in [3.05, 3.63) is 33.9 Å². The van der Waals surface area contributed by atoms with Crippen LogP contribution in [0.4, 0.5) is 5.69 Å². The molecule has 0 atom stereocenters. The standard InChI is InChI=1S/C11H11NO7/c1-2-18-10(13)6-19-9-5-7(11(14)15)3-4-8(9)12(16)17/h3-5H,2,6H2,1H3,(H,14,15). The van der Waals surface area contributed by atoms with Crippen molar-refractivity contribution in [2.75, 3.05) is 13.2 Å². The van der Waals surface area contributed by atoms with Crippen molar-refractivity contribution < 1.29 is 29.1 Å². The average molecular weight is 269 g/mol. The van der Waals surface area contributed by atoms with E-state index in [-0.39, 0.29) is 17.9 Å². The first-order valence-electron chi connectivity index (χ1n) is 5.25. The molecule has 8 heteroatoms. The van der Waals surface area contributed by atoms with Crippen LogP contribution < -0.4 is 4.74 Å². The Morgan fingerprint density at radius 2 is 2.11 bits per heavy atom. The first-order chi connectivity index (χ1) is 8.95. The quantitative estimate of drug-likeness (QED) is 0.469. The van der Waals surface area contributed by atoms with Gasteiger partial charge in [0.15, 0.2) is 12.4 Å². The molecule has 0 aliphatic rings. The molecule has 0 bridgehead atoms. The SMILES string of the molecule is CCOC(=O)COc1cc(C(=O)O)ccc1[N+](=O)[O-]. The second kappa shape index (κ2) is 6.34. The minimum atomic E-state index is -1.25. The molecule has 19 heavy (non-hydrogen) atoms. The van der Waals surface area contributed by atoms with Crippen molar-refractivity contribution in [3.63, 3.8) is 0 Å². The van der Waals surface area contributed by atoms with Crippen LogP contribution in [-0.4, -0.2) is 35.2 Å². The molecule has 0 aliphatic heterocycles. The smallest absolute Gasteiger partial charge is 0.344 e. The second-order valence-electron chi connectivity index (χ2n) is 3.34. The van der Waals surface area contributed by atoms with Gasteiger partial charge >= 0.3 is 17.6 Å². The van der Waals surface area contributed by atoms with E-state index in [1.54, 1.807) is 6.92 Å². The largest absolute Gasteiger partial charge is 0.478 e. The summed E-state index contributed by atoms with van der Waals surface area (Å²) < 4.78 is 9.52. The van der Waals surface area contributed by atoms with Gasteiger partial charge < -0.3 is 14.6 Å². The third-order valence-electron chi connectivity index (χ3n) is 2.05. The van der Waals surface area contributed by atoms with Crippen molar-refractivity contribution in [2.45, 2.75) is 6.92 Å². The van der Waals surface area contributed by atoms with Gasteiger partial charge in [-0.15, -0.1) is 0 Å². The van der Waals surface area contributed by atoms with Crippen LogP contribution in [0.5, 0.6) is 5.75 Å². The van der Waals surface area contributed by atoms with Gasteiger partial charge in [-0.05, 0) is 13.0 Å². The van der Waals surface area contributed by atoms with Gasteiger partial charge in [0.25, 0.3) is 0 Å². The van der Waals surface area contributed by atoms with Crippen molar-refractivity contribution >= 4 is 17.6 Å². The summed E-state index contributed by atoms with van der Waals surface area (Å²) >= 11 is 0. The minimum Gasteiger partial charge on any atom is -0.478 e. The molecule has 0 radical (unpaired) electrons. The Morgan fingerprint density at radius 3 is 2.63 bits per heavy atom. The number of carboxylic acids is 1. The van der Waals surface area contributed by atoms with Gasteiger partial charge in [0, 0.05) is 12.1 Å². The molecule has 1 aromatic carbocycles. The molecule has 0 saturated carbocycles. The van der Waals surface area contributed by atoms with E-state index in [2.05, 4.69) is 4.74 Å². The zero-order valence-electron chi connectivity index (χ0n) is 9.99. The number of ether oxygens (including phenoxy) is 2. The maximum absolute atomic E-state index is 11.1. The summed E-state index contributed by atoms with van der Waals surface area (Å²) in [4.78, 5) is 31.8. The lowest BCUT2D eigenvalue weighted by molar-refractivity contribution is -0.385. The lowest BCUT2D eigenvalue weighted by atomic mass is 10.2. The molecule has 1 aromatic rings. The summed E-state index contributed by atoms with van der Waals surface area (Å²) in [6.45, 7) is 1.22. The first-order valence-corrected chi connectivity index (χ1v) is 5.25. The van der Waals surface area contributed by atoms with Gasteiger partial charge in [0.2, 0.25) is 0 Å². The van der Waals surface area contributed by atoms with Gasteiger partial charge in [-0.25, -0.2) is 9.59 Å². The molecule has 0 aliphatic carbocycles. The van der Waals surface area contributed by atoms with Crippen LogP contribution >= 0.6 is 0 Å². The maximum atomic E-state index is 11.1. The van der Waals surface area contributed by atoms with Crippen LogP contribution in [0.15, 0.2) is 18.2 Å². The van der Waals surface area contributed by atoms with Gasteiger partial charge in [0.05, 0.1) is 17.1 Å². The Kier molecular flexibility index (Phi) is 4.81. The van der Waals surface area contributed by atoms with Crippen molar-refractivity contribution in [3.8, 4) is 5.75 Å². The summed E-state index contributed by atoms with van der Waals surface area (Å²) in [6, 6.07) is 3.07. The Hall–Kier alpha value is -2.64. The van der Waals surface area contributed by atoms with E-state index in [0.717, 1.165) is 18.2 Å². The van der Waals surface area contributed by atoms with Crippen LogP contribution in [0.3, 0.4) is 0 Å². The predicted molar refractivity (Wildman–Crippen MR) is 62.2 cm³/mol. The summed E-state index contributed by atoms with van der Waals surface area (Å²) in [6.07, 6.45) is 0. The van der Waals surface area contributed by atoms with E-state index >= 15 is 0 Å². The van der Waals surface area contributed by atoms with Crippen LogP contribution in [0.2, 0.25) is 0 Å². The van der Waals surface area contributed by atoms with Crippen molar-refractivity contribution in [1.29, 1.82) is 0 Å². The fraction of sp³-hybridized carbons (Fsp3) is 0.273. The van der Waals surface area contributed by atoms with E-state index < -0.39 is 29.2 Å². The van der Waals surface area contributed by atoms with Gasteiger partial charge in [-0.1, -0.05) is 0 Å². The maximum Gasteiger partial charge on any atom is 0.344 e. The number of carbonyl (C=O) groups excluding carboxylic acids is 1. The number of carbonyl (C=O) groups is 2. The average Bonchev–Trinajstić information content (AvgIpc) is 2.36. The second-order valence-corrected chi connectivity index (χ2v) is 3.34. The Morgan fingerprint density at radius 1 is 1.42 bits per heavy atom. The fourth-order valence-electron chi connectivity index (χ4n) is 1.25. The van der Waals surface area contributed by atoms with E-state index in [9.17, 15) is 19.7 Å². The van der Waals surface area contributed by atoms with Gasteiger partial charge in [0.1, 0.15) is 0 Å². The summed E-state index contributed by atoms with van der Waals surface area (Å²) in [5.41, 5.74) is -0.598. The summed E-state index contributed by atoms with van der Waals surface area (Å²) in [5.74, 6) is -2.24. The molecule has 1 rings (SSSR count). The molecule has 0 saturated heterocycles. The van der Waals surface area contributed by atoms with Crippen LogP contribution in [0.1, 0.15) is 17.3 Å². The minimum absolute atomic E-state index is 0.152. The van der Waals surface area contributed by atoms with Crippen molar-refractivity contribution in [2.24, 2.45) is 0 Å². The first kappa shape index (κ1) is 14.4. The number of rotatable bonds is 6. The molecule has 102 valence electrons. The predicted octanol–water partition coefficient (Wildman–Crippen LogP) is 1.23. The van der Waals surface area contributed by atoms with Crippen LogP contribution in [-0.2, 0) is 9.53 Å². The third kappa shape index (κ3) is 3.95. The molecular formula is C11H11NO7. The molecular weight excluding hydrogens is 258 g/mol. The Bertz CT molecular complexity index is 512. The van der Waals surface area contributed by atoms with Crippen LogP contribution in [0.25, 0.3) is 0 Å². The van der Waals surface area contributed by atoms with E-state index in [1.807, 2.05) is 0 Å². The van der Waals surface area contributed by atoms with E-state index in [0.29, 0.717) is 0 Å². The molecule has 1 N–H and O–H groups in total. The summed E-state index contributed by atoms with van der Waals surface area (Å²) in [5, 5.41) is 19.5. The highest BCUT2D eigenvalue weighted by Gasteiger charge is 2.19.